The molecule has 0 aliphatic carbocycles. The highest BCUT2D eigenvalue weighted by Gasteiger charge is 2.08. The van der Waals surface area contributed by atoms with E-state index in [1.807, 2.05) is 25.3 Å². The van der Waals surface area contributed by atoms with Crippen molar-refractivity contribution in [2.24, 2.45) is 4.99 Å². The number of thiazole rings is 1. The second-order valence-corrected chi connectivity index (χ2v) is 7.21. The maximum atomic E-state index is 5.37. The molecule has 0 aliphatic rings. The van der Waals surface area contributed by atoms with Crippen molar-refractivity contribution in [2.75, 3.05) is 26.7 Å². The SMILES string of the molecule is C=C(C)CN=C(NCCc1ccco1)N(C)CCc1ncc(C)s1. The van der Waals surface area contributed by atoms with Gasteiger partial charge in [-0.25, -0.2) is 9.98 Å². The summed E-state index contributed by atoms with van der Waals surface area (Å²) in [6.07, 6.45) is 5.38. The Bertz CT molecular complexity index is 660. The molecule has 2 rings (SSSR count). The molecule has 0 radical (unpaired) electrons. The van der Waals surface area contributed by atoms with E-state index in [0.717, 1.165) is 48.2 Å². The van der Waals surface area contributed by atoms with E-state index < -0.39 is 0 Å². The molecule has 6 heteroatoms. The number of likely N-dealkylation sites (N-methyl/N-ethyl adjacent to an activating group) is 1. The maximum absolute atomic E-state index is 5.37. The van der Waals surface area contributed by atoms with Crippen LogP contribution in [0, 0.1) is 6.92 Å². The predicted octanol–water partition coefficient (Wildman–Crippen LogP) is 3.28. The van der Waals surface area contributed by atoms with E-state index in [4.69, 9.17) is 4.42 Å². The van der Waals surface area contributed by atoms with Gasteiger partial charge in [-0.2, -0.15) is 0 Å². The van der Waals surface area contributed by atoms with E-state index in [0.29, 0.717) is 6.54 Å². The molecule has 0 unspecified atom stereocenters. The minimum Gasteiger partial charge on any atom is -0.469 e. The lowest BCUT2D eigenvalue weighted by Gasteiger charge is -2.22. The fourth-order valence-electron chi connectivity index (χ4n) is 2.16. The van der Waals surface area contributed by atoms with Crippen LogP contribution in [-0.4, -0.2) is 42.5 Å². The molecule has 2 aromatic rings. The van der Waals surface area contributed by atoms with Crippen molar-refractivity contribution < 1.29 is 4.42 Å². The minimum absolute atomic E-state index is 0.629. The molecule has 0 atom stereocenters. The largest absolute Gasteiger partial charge is 0.469 e. The molecule has 2 aromatic heterocycles. The second-order valence-electron chi connectivity index (χ2n) is 5.89. The molecule has 0 spiro atoms. The Labute approximate surface area is 148 Å². The summed E-state index contributed by atoms with van der Waals surface area (Å²) in [5, 5.41) is 4.57. The zero-order chi connectivity index (χ0) is 17.4. The molecule has 130 valence electrons. The second kappa shape index (κ2) is 9.27. The highest BCUT2D eigenvalue weighted by atomic mass is 32.1. The van der Waals surface area contributed by atoms with Crippen LogP contribution in [0.25, 0.3) is 0 Å². The first kappa shape index (κ1) is 18.3. The predicted molar refractivity (Wildman–Crippen MR) is 101 cm³/mol. The third-order valence-corrected chi connectivity index (χ3v) is 4.40. The molecule has 0 amide bonds. The van der Waals surface area contributed by atoms with Crippen LogP contribution >= 0.6 is 11.3 Å². The Morgan fingerprint density at radius 2 is 2.29 bits per heavy atom. The summed E-state index contributed by atoms with van der Waals surface area (Å²) < 4.78 is 5.37. The van der Waals surface area contributed by atoms with Gasteiger partial charge in [-0.05, 0) is 26.0 Å². The molecule has 1 N–H and O–H groups in total. The molecule has 2 heterocycles. The average molecular weight is 347 g/mol. The summed E-state index contributed by atoms with van der Waals surface area (Å²) in [5.41, 5.74) is 1.05. The van der Waals surface area contributed by atoms with Crippen LogP contribution in [0.2, 0.25) is 0 Å². The summed E-state index contributed by atoms with van der Waals surface area (Å²) >= 11 is 1.75. The number of furan rings is 1. The molecule has 0 fully saturated rings. The highest BCUT2D eigenvalue weighted by molar-refractivity contribution is 7.11. The molecular formula is C18H26N4OS. The van der Waals surface area contributed by atoms with Crippen molar-refractivity contribution in [3.8, 4) is 0 Å². The number of nitrogens with one attached hydrogen (secondary N) is 1. The van der Waals surface area contributed by atoms with Crippen LogP contribution in [0.15, 0.2) is 46.2 Å². The first-order valence-electron chi connectivity index (χ1n) is 8.12. The number of nitrogens with zero attached hydrogens (tertiary/aromatic N) is 3. The lowest BCUT2D eigenvalue weighted by Crippen LogP contribution is -2.41. The lowest BCUT2D eigenvalue weighted by atomic mass is 10.3. The van der Waals surface area contributed by atoms with Crippen LogP contribution in [0.1, 0.15) is 22.6 Å². The van der Waals surface area contributed by atoms with E-state index >= 15 is 0 Å². The minimum atomic E-state index is 0.629. The Hall–Kier alpha value is -2.08. The van der Waals surface area contributed by atoms with Gasteiger partial charge in [0, 0.05) is 44.1 Å². The summed E-state index contributed by atoms with van der Waals surface area (Å²) in [5.74, 6) is 1.86. The quantitative estimate of drug-likeness (QED) is 0.453. The van der Waals surface area contributed by atoms with Gasteiger partial charge >= 0.3 is 0 Å². The standard InChI is InChI=1S/C18H26N4OS/c1-14(2)12-21-18(19-9-7-16-6-5-11-23-16)22(4)10-8-17-20-13-15(3)24-17/h5-6,11,13H,1,7-10,12H2,2-4H3,(H,19,21). The Kier molecular flexibility index (Phi) is 7.06. The van der Waals surface area contributed by atoms with Crippen molar-refractivity contribution in [1.82, 2.24) is 15.2 Å². The van der Waals surface area contributed by atoms with Gasteiger partial charge in [0.2, 0.25) is 0 Å². The molecule has 24 heavy (non-hydrogen) atoms. The number of hydrogen-bond donors (Lipinski definition) is 1. The Morgan fingerprint density at radius 3 is 2.92 bits per heavy atom. The Morgan fingerprint density at radius 1 is 1.46 bits per heavy atom. The molecule has 0 bridgehead atoms. The molecular weight excluding hydrogens is 320 g/mol. The summed E-state index contributed by atoms with van der Waals surface area (Å²) in [6, 6.07) is 3.90. The normalized spacial score (nSPS) is 11.5. The topological polar surface area (TPSA) is 53.7 Å². The van der Waals surface area contributed by atoms with Crippen LogP contribution in [-0.2, 0) is 12.8 Å². The number of aromatic nitrogens is 1. The van der Waals surface area contributed by atoms with Gasteiger partial charge in [-0.3, -0.25) is 0 Å². The van der Waals surface area contributed by atoms with Gasteiger partial charge in [0.25, 0.3) is 0 Å². The van der Waals surface area contributed by atoms with Crippen LogP contribution in [0.4, 0.5) is 0 Å². The molecule has 0 saturated carbocycles. The van der Waals surface area contributed by atoms with Gasteiger partial charge in [-0.1, -0.05) is 12.2 Å². The van der Waals surface area contributed by atoms with Gasteiger partial charge in [0.05, 0.1) is 17.8 Å². The van der Waals surface area contributed by atoms with E-state index in [9.17, 15) is 0 Å². The van der Waals surface area contributed by atoms with Crippen LogP contribution < -0.4 is 5.32 Å². The van der Waals surface area contributed by atoms with Crippen molar-refractivity contribution in [3.63, 3.8) is 0 Å². The van der Waals surface area contributed by atoms with E-state index in [1.54, 1.807) is 17.6 Å². The van der Waals surface area contributed by atoms with E-state index in [-0.39, 0.29) is 0 Å². The summed E-state index contributed by atoms with van der Waals surface area (Å²) in [7, 11) is 2.05. The first-order valence-corrected chi connectivity index (χ1v) is 8.94. The third-order valence-electron chi connectivity index (χ3n) is 3.43. The van der Waals surface area contributed by atoms with Crippen molar-refractivity contribution in [1.29, 1.82) is 0 Å². The molecule has 5 nitrogen and oxygen atoms in total. The Balaban J connectivity index is 1.88. The first-order chi connectivity index (χ1) is 11.5. The molecule has 0 aliphatic heterocycles. The third kappa shape index (κ3) is 6.20. The fourth-order valence-corrected chi connectivity index (χ4v) is 2.94. The van der Waals surface area contributed by atoms with Gasteiger partial charge < -0.3 is 14.6 Å². The van der Waals surface area contributed by atoms with Crippen molar-refractivity contribution in [2.45, 2.75) is 26.7 Å². The zero-order valence-electron chi connectivity index (χ0n) is 14.7. The summed E-state index contributed by atoms with van der Waals surface area (Å²) in [4.78, 5) is 12.5. The number of hydrogen-bond acceptors (Lipinski definition) is 4. The van der Waals surface area contributed by atoms with E-state index in [1.165, 1.54) is 4.88 Å². The number of aryl methyl sites for hydroxylation is 1. The van der Waals surface area contributed by atoms with Gasteiger partial charge in [0.15, 0.2) is 5.96 Å². The number of rotatable bonds is 8. The molecule has 0 aromatic carbocycles. The van der Waals surface area contributed by atoms with Gasteiger partial charge in [-0.15, -0.1) is 11.3 Å². The van der Waals surface area contributed by atoms with Gasteiger partial charge in [0.1, 0.15) is 5.76 Å². The number of guanidine groups is 1. The van der Waals surface area contributed by atoms with Crippen LogP contribution in [0.3, 0.4) is 0 Å². The average Bonchev–Trinajstić information content (AvgIpc) is 3.19. The summed E-state index contributed by atoms with van der Waals surface area (Å²) in [6.45, 7) is 10.3. The highest BCUT2D eigenvalue weighted by Crippen LogP contribution is 2.11. The van der Waals surface area contributed by atoms with E-state index in [2.05, 4.69) is 40.7 Å². The number of aliphatic imine (C=N–C) groups is 1. The molecule has 0 saturated heterocycles. The maximum Gasteiger partial charge on any atom is 0.194 e. The fraction of sp³-hybridized carbons (Fsp3) is 0.444. The van der Waals surface area contributed by atoms with Crippen LogP contribution in [0.5, 0.6) is 0 Å². The monoisotopic (exact) mass is 346 g/mol. The van der Waals surface area contributed by atoms with Crippen molar-refractivity contribution >= 4 is 17.3 Å². The lowest BCUT2D eigenvalue weighted by molar-refractivity contribution is 0.475. The smallest absolute Gasteiger partial charge is 0.194 e. The van der Waals surface area contributed by atoms with Crippen molar-refractivity contribution in [3.05, 3.63) is 52.4 Å². The zero-order valence-corrected chi connectivity index (χ0v) is 15.5.